The summed E-state index contributed by atoms with van der Waals surface area (Å²) in [4.78, 5) is 3.94. The minimum absolute atomic E-state index is 0.0610. The Hall–Kier alpha value is -2.14. The van der Waals surface area contributed by atoms with Crippen LogP contribution < -0.4 is 5.73 Å². The van der Waals surface area contributed by atoms with E-state index in [4.69, 9.17) is 17.3 Å². The van der Waals surface area contributed by atoms with E-state index in [2.05, 4.69) is 4.98 Å². The molecule has 20 heavy (non-hydrogen) atoms. The molecule has 0 saturated heterocycles. The van der Waals surface area contributed by atoms with Gasteiger partial charge in [0.05, 0.1) is 12.1 Å². The van der Waals surface area contributed by atoms with Gasteiger partial charge < -0.3 is 10.3 Å². The van der Waals surface area contributed by atoms with Crippen molar-refractivity contribution in [2.45, 2.75) is 6.54 Å². The summed E-state index contributed by atoms with van der Waals surface area (Å²) in [5.74, 6) is -1.26. The Morgan fingerprint density at radius 3 is 2.75 bits per heavy atom. The number of hydrogen-bond acceptors (Lipinski definition) is 2. The SMILES string of the molecule is Nc1nc2c(F)cc(F)cc2n1Cc1cccc(Cl)c1. The van der Waals surface area contributed by atoms with Crippen LogP contribution >= 0.6 is 11.6 Å². The van der Waals surface area contributed by atoms with Crippen LogP contribution in [-0.2, 0) is 6.54 Å². The lowest BCUT2D eigenvalue weighted by atomic mass is 10.2. The van der Waals surface area contributed by atoms with Crippen LogP contribution in [0.5, 0.6) is 0 Å². The fraction of sp³-hybridized carbons (Fsp3) is 0.0714. The maximum absolute atomic E-state index is 13.7. The third-order valence-electron chi connectivity index (χ3n) is 3.03. The number of nitrogens with zero attached hydrogens (tertiary/aromatic N) is 2. The molecule has 0 amide bonds. The van der Waals surface area contributed by atoms with Crippen LogP contribution in [0, 0.1) is 11.6 Å². The summed E-state index contributed by atoms with van der Waals surface area (Å²) >= 11 is 5.92. The highest BCUT2D eigenvalue weighted by atomic mass is 35.5. The molecule has 0 aliphatic carbocycles. The summed E-state index contributed by atoms with van der Waals surface area (Å²) in [6.45, 7) is 0.339. The van der Waals surface area contributed by atoms with E-state index in [9.17, 15) is 8.78 Å². The second kappa shape index (κ2) is 4.76. The van der Waals surface area contributed by atoms with Crippen LogP contribution in [-0.4, -0.2) is 9.55 Å². The summed E-state index contributed by atoms with van der Waals surface area (Å²) in [7, 11) is 0. The number of nitrogens with two attached hydrogens (primary N) is 1. The first kappa shape index (κ1) is 12.9. The van der Waals surface area contributed by atoms with E-state index >= 15 is 0 Å². The van der Waals surface area contributed by atoms with Crippen molar-refractivity contribution >= 4 is 28.6 Å². The van der Waals surface area contributed by atoms with E-state index in [1.165, 1.54) is 6.07 Å². The normalized spacial score (nSPS) is 11.2. The number of nitrogen functional groups attached to an aromatic ring is 1. The highest BCUT2D eigenvalue weighted by Gasteiger charge is 2.14. The zero-order chi connectivity index (χ0) is 14.3. The van der Waals surface area contributed by atoms with E-state index in [1.54, 1.807) is 22.8 Å². The first-order chi connectivity index (χ1) is 9.54. The maximum Gasteiger partial charge on any atom is 0.201 e. The van der Waals surface area contributed by atoms with Crippen LogP contribution in [0.4, 0.5) is 14.7 Å². The molecule has 0 unspecified atom stereocenters. The molecule has 2 N–H and O–H groups in total. The first-order valence-electron chi connectivity index (χ1n) is 5.90. The van der Waals surface area contributed by atoms with Gasteiger partial charge in [-0.2, -0.15) is 0 Å². The van der Waals surface area contributed by atoms with Crippen LogP contribution in [0.3, 0.4) is 0 Å². The average molecular weight is 294 g/mol. The summed E-state index contributed by atoms with van der Waals surface area (Å²) in [6, 6.07) is 9.17. The molecule has 0 saturated carbocycles. The maximum atomic E-state index is 13.7. The van der Waals surface area contributed by atoms with Gasteiger partial charge in [0.2, 0.25) is 5.95 Å². The molecule has 0 bridgehead atoms. The molecule has 102 valence electrons. The molecule has 3 rings (SSSR count). The van der Waals surface area contributed by atoms with Crippen LogP contribution in [0.25, 0.3) is 11.0 Å². The highest BCUT2D eigenvalue weighted by molar-refractivity contribution is 6.30. The Morgan fingerprint density at radius 2 is 2.00 bits per heavy atom. The number of imidazole rings is 1. The lowest BCUT2D eigenvalue weighted by Crippen LogP contribution is -2.04. The van der Waals surface area contributed by atoms with Crippen molar-refractivity contribution in [3.8, 4) is 0 Å². The van der Waals surface area contributed by atoms with Crippen LogP contribution in [0.15, 0.2) is 36.4 Å². The fourth-order valence-corrected chi connectivity index (χ4v) is 2.36. The Bertz CT molecular complexity index is 798. The largest absolute Gasteiger partial charge is 0.369 e. The molecular weight excluding hydrogens is 284 g/mol. The van der Waals surface area contributed by atoms with Crippen molar-refractivity contribution in [3.05, 3.63) is 58.6 Å². The zero-order valence-corrected chi connectivity index (χ0v) is 11.0. The van der Waals surface area contributed by atoms with Gasteiger partial charge in [0, 0.05) is 17.2 Å². The van der Waals surface area contributed by atoms with Crippen molar-refractivity contribution in [1.29, 1.82) is 0 Å². The molecule has 1 aromatic heterocycles. The van der Waals surface area contributed by atoms with Crippen molar-refractivity contribution in [2.24, 2.45) is 0 Å². The predicted molar refractivity (Wildman–Crippen MR) is 74.6 cm³/mol. The third-order valence-corrected chi connectivity index (χ3v) is 3.27. The summed E-state index contributed by atoms with van der Waals surface area (Å²) < 4.78 is 28.5. The molecule has 0 fully saturated rings. The Morgan fingerprint density at radius 1 is 1.20 bits per heavy atom. The molecule has 0 radical (unpaired) electrons. The number of aromatic nitrogens is 2. The smallest absolute Gasteiger partial charge is 0.201 e. The zero-order valence-electron chi connectivity index (χ0n) is 10.3. The Balaban J connectivity index is 2.14. The molecule has 3 aromatic rings. The number of benzene rings is 2. The summed E-state index contributed by atoms with van der Waals surface area (Å²) in [5, 5.41) is 0.586. The molecule has 6 heteroatoms. The van der Waals surface area contributed by atoms with Gasteiger partial charge in [0.25, 0.3) is 0 Å². The summed E-state index contributed by atoms with van der Waals surface area (Å²) in [6.07, 6.45) is 0. The van der Waals surface area contributed by atoms with E-state index in [1.807, 2.05) is 6.07 Å². The van der Waals surface area contributed by atoms with Gasteiger partial charge in [-0.25, -0.2) is 13.8 Å². The highest BCUT2D eigenvalue weighted by Crippen LogP contribution is 2.23. The molecule has 1 heterocycles. The van der Waals surface area contributed by atoms with Gasteiger partial charge in [0.15, 0.2) is 5.82 Å². The lowest BCUT2D eigenvalue weighted by molar-refractivity contribution is 0.590. The van der Waals surface area contributed by atoms with E-state index in [-0.39, 0.29) is 11.5 Å². The number of halogens is 3. The number of fused-ring (bicyclic) bond motifs is 1. The fourth-order valence-electron chi connectivity index (χ4n) is 2.15. The standard InChI is InChI=1S/C14H10ClF2N3/c15-9-3-1-2-8(4-9)7-20-12-6-10(16)5-11(17)13(12)19-14(20)18/h1-6H,7H2,(H2,18,19). The molecule has 0 aliphatic rings. The molecule has 2 aromatic carbocycles. The first-order valence-corrected chi connectivity index (χ1v) is 6.27. The van der Waals surface area contributed by atoms with Crippen LogP contribution in [0.2, 0.25) is 5.02 Å². The second-order valence-electron chi connectivity index (χ2n) is 4.44. The minimum atomic E-state index is -0.725. The van der Waals surface area contributed by atoms with Crippen molar-refractivity contribution in [2.75, 3.05) is 5.73 Å². The average Bonchev–Trinajstić information content (AvgIpc) is 2.68. The van der Waals surface area contributed by atoms with E-state index in [0.717, 1.165) is 11.6 Å². The van der Waals surface area contributed by atoms with Gasteiger partial charge in [0.1, 0.15) is 11.3 Å². The molecular formula is C14H10ClF2N3. The number of rotatable bonds is 2. The molecule has 0 spiro atoms. The van der Waals surface area contributed by atoms with E-state index < -0.39 is 11.6 Å². The van der Waals surface area contributed by atoms with E-state index in [0.29, 0.717) is 17.1 Å². The van der Waals surface area contributed by atoms with Crippen LogP contribution in [0.1, 0.15) is 5.56 Å². The molecule has 3 nitrogen and oxygen atoms in total. The van der Waals surface area contributed by atoms with Gasteiger partial charge in [-0.05, 0) is 17.7 Å². The minimum Gasteiger partial charge on any atom is -0.369 e. The van der Waals surface area contributed by atoms with Crippen molar-refractivity contribution in [1.82, 2.24) is 9.55 Å². The number of anilines is 1. The second-order valence-corrected chi connectivity index (χ2v) is 4.88. The topological polar surface area (TPSA) is 43.8 Å². The Kier molecular flexibility index (Phi) is 3.06. The van der Waals surface area contributed by atoms with Gasteiger partial charge in [-0.15, -0.1) is 0 Å². The third kappa shape index (κ3) is 2.20. The number of hydrogen-bond donors (Lipinski definition) is 1. The lowest BCUT2D eigenvalue weighted by Gasteiger charge is -2.07. The predicted octanol–water partition coefficient (Wildman–Crippen LogP) is 3.60. The van der Waals surface area contributed by atoms with Crippen molar-refractivity contribution < 1.29 is 8.78 Å². The molecule has 0 aliphatic heterocycles. The van der Waals surface area contributed by atoms with Gasteiger partial charge in [-0.1, -0.05) is 23.7 Å². The van der Waals surface area contributed by atoms with Gasteiger partial charge >= 0.3 is 0 Å². The van der Waals surface area contributed by atoms with Crippen molar-refractivity contribution in [3.63, 3.8) is 0 Å². The monoisotopic (exact) mass is 293 g/mol. The molecule has 0 atom stereocenters. The van der Waals surface area contributed by atoms with Gasteiger partial charge in [-0.3, -0.25) is 0 Å². The Labute approximate surface area is 118 Å². The summed E-state index contributed by atoms with van der Waals surface area (Å²) in [5.41, 5.74) is 7.04. The quantitative estimate of drug-likeness (QED) is 0.784.